The molecule has 6 heteroatoms. The number of benzene rings is 1. The summed E-state index contributed by atoms with van der Waals surface area (Å²) in [5.74, 6) is -0.0521. The molecule has 0 saturated carbocycles. The summed E-state index contributed by atoms with van der Waals surface area (Å²) in [4.78, 5) is 1.44. The van der Waals surface area contributed by atoms with E-state index in [9.17, 15) is 8.78 Å². The molecule has 88 valence electrons. The predicted octanol–water partition coefficient (Wildman–Crippen LogP) is 2.43. The number of anilines is 1. The standard InChI is InChI=1S/C10H12BrF2N3/c1-16(5-9(12)13)8-3-2-6(10(14)15)4-7(8)11/h2-4,9H,5H2,1H3,(H3,14,15). The maximum Gasteiger partial charge on any atom is 0.255 e. The number of amidine groups is 1. The van der Waals surface area contributed by atoms with Crippen LogP contribution < -0.4 is 10.6 Å². The van der Waals surface area contributed by atoms with Gasteiger partial charge < -0.3 is 10.6 Å². The number of nitrogen functional groups attached to an aromatic ring is 1. The number of halogens is 3. The van der Waals surface area contributed by atoms with Crippen LogP contribution in [0, 0.1) is 5.41 Å². The molecule has 0 amide bonds. The minimum Gasteiger partial charge on any atom is -0.384 e. The first kappa shape index (κ1) is 12.9. The Hall–Kier alpha value is -1.17. The quantitative estimate of drug-likeness (QED) is 0.661. The Balaban J connectivity index is 2.94. The van der Waals surface area contributed by atoms with Crippen molar-refractivity contribution in [1.29, 1.82) is 5.41 Å². The maximum absolute atomic E-state index is 12.2. The van der Waals surface area contributed by atoms with Gasteiger partial charge >= 0.3 is 0 Å². The Labute approximate surface area is 101 Å². The van der Waals surface area contributed by atoms with Gasteiger partial charge in [-0.3, -0.25) is 5.41 Å². The molecule has 0 aromatic heterocycles. The van der Waals surface area contributed by atoms with Gasteiger partial charge in [-0.1, -0.05) is 0 Å². The second-order valence-corrected chi connectivity index (χ2v) is 4.21. The molecule has 3 N–H and O–H groups in total. The van der Waals surface area contributed by atoms with E-state index < -0.39 is 6.43 Å². The lowest BCUT2D eigenvalue weighted by Crippen LogP contribution is -2.24. The molecular formula is C10H12BrF2N3. The van der Waals surface area contributed by atoms with E-state index in [0.717, 1.165) is 0 Å². The molecule has 0 saturated heterocycles. The third-order valence-corrected chi connectivity index (χ3v) is 2.72. The van der Waals surface area contributed by atoms with Crippen molar-refractivity contribution in [3.63, 3.8) is 0 Å². The van der Waals surface area contributed by atoms with Gasteiger partial charge in [-0.15, -0.1) is 0 Å². The van der Waals surface area contributed by atoms with Crippen LogP contribution >= 0.6 is 15.9 Å². The molecule has 0 heterocycles. The average Bonchev–Trinajstić information content (AvgIpc) is 2.15. The maximum atomic E-state index is 12.2. The van der Waals surface area contributed by atoms with E-state index in [1.165, 1.54) is 4.90 Å². The lowest BCUT2D eigenvalue weighted by atomic mass is 10.2. The van der Waals surface area contributed by atoms with Crippen LogP contribution in [0.15, 0.2) is 22.7 Å². The van der Waals surface area contributed by atoms with Crippen molar-refractivity contribution in [3.05, 3.63) is 28.2 Å². The summed E-state index contributed by atoms with van der Waals surface area (Å²) < 4.78 is 25.0. The Bertz CT molecular complexity index is 396. The van der Waals surface area contributed by atoms with Gasteiger partial charge in [-0.05, 0) is 34.1 Å². The third-order valence-electron chi connectivity index (χ3n) is 2.08. The highest BCUT2D eigenvalue weighted by Gasteiger charge is 2.12. The first-order chi connectivity index (χ1) is 7.41. The summed E-state index contributed by atoms with van der Waals surface area (Å²) in [5.41, 5.74) is 6.52. The molecule has 0 radical (unpaired) electrons. The van der Waals surface area contributed by atoms with Gasteiger partial charge in [0.2, 0.25) is 0 Å². The number of nitrogens with one attached hydrogen (secondary N) is 1. The Kier molecular flexibility index (Phi) is 4.23. The van der Waals surface area contributed by atoms with E-state index in [-0.39, 0.29) is 12.4 Å². The largest absolute Gasteiger partial charge is 0.384 e. The van der Waals surface area contributed by atoms with E-state index in [0.29, 0.717) is 15.7 Å². The fraction of sp³-hybridized carbons (Fsp3) is 0.300. The minimum atomic E-state index is -2.38. The molecule has 16 heavy (non-hydrogen) atoms. The number of rotatable bonds is 4. The monoisotopic (exact) mass is 291 g/mol. The van der Waals surface area contributed by atoms with Gasteiger partial charge in [-0.25, -0.2) is 8.78 Å². The van der Waals surface area contributed by atoms with Crippen molar-refractivity contribution in [1.82, 2.24) is 0 Å². The average molecular weight is 292 g/mol. The van der Waals surface area contributed by atoms with Crippen molar-refractivity contribution in [3.8, 4) is 0 Å². The Morgan fingerprint density at radius 1 is 1.56 bits per heavy atom. The van der Waals surface area contributed by atoms with Crippen molar-refractivity contribution < 1.29 is 8.78 Å². The van der Waals surface area contributed by atoms with E-state index >= 15 is 0 Å². The van der Waals surface area contributed by atoms with Crippen LogP contribution in [-0.4, -0.2) is 25.9 Å². The topological polar surface area (TPSA) is 53.1 Å². The summed E-state index contributed by atoms with van der Waals surface area (Å²) in [5, 5.41) is 7.25. The molecule has 0 unspecified atom stereocenters. The summed E-state index contributed by atoms with van der Waals surface area (Å²) in [6.07, 6.45) is -2.38. The van der Waals surface area contributed by atoms with E-state index in [1.54, 1.807) is 25.2 Å². The van der Waals surface area contributed by atoms with Crippen molar-refractivity contribution >= 4 is 27.5 Å². The smallest absolute Gasteiger partial charge is 0.255 e. The van der Waals surface area contributed by atoms with Crippen molar-refractivity contribution in [2.75, 3.05) is 18.5 Å². The first-order valence-electron chi connectivity index (χ1n) is 4.55. The lowest BCUT2D eigenvalue weighted by Gasteiger charge is -2.20. The molecule has 0 aliphatic heterocycles. The molecule has 1 aromatic rings. The van der Waals surface area contributed by atoms with Crippen LogP contribution in [0.5, 0.6) is 0 Å². The van der Waals surface area contributed by atoms with E-state index in [1.807, 2.05) is 0 Å². The van der Waals surface area contributed by atoms with Gasteiger partial charge in [0, 0.05) is 17.1 Å². The minimum absolute atomic E-state index is 0.0521. The van der Waals surface area contributed by atoms with Gasteiger partial charge in [0.1, 0.15) is 5.84 Å². The van der Waals surface area contributed by atoms with Crippen LogP contribution in [0.4, 0.5) is 14.5 Å². The fourth-order valence-corrected chi connectivity index (χ4v) is 1.97. The zero-order valence-corrected chi connectivity index (χ0v) is 10.3. The zero-order chi connectivity index (χ0) is 12.3. The lowest BCUT2D eigenvalue weighted by molar-refractivity contribution is 0.156. The van der Waals surface area contributed by atoms with E-state index in [2.05, 4.69) is 15.9 Å². The summed E-state index contributed by atoms with van der Waals surface area (Å²) in [7, 11) is 1.58. The molecule has 0 aliphatic carbocycles. The Morgan fingerprint density at radius 3 is 2.62 bits per heavy atom. The highest BCUT2D eigenvalue weighted by Crippen LogP contribution is 2.26. The summed E-state index contributed by atoms with van der Waals surface area (Å²) in [6.45, 7) is -0.335. The van der Waals surface area contributed by atoms with Crippen molar-refractivity contribution in [2.24, 2.45) is 5.73 Å². The first-order valence-corrected chi connectivity index (χ1v) is 5.34. The Morgan fingerprint density at radius 2 is 2.19 bits per heavy atom. The van der Waals surface area contributed by atoms with Crippen LogP contribution in [0.1, 0.15) is 5.56 Å². The van der Waals surface area contributed by atoms with Gasteiger partial charge in [0.25, 0.3) is 6.43 Å². The molecule has 0 aliphatic rings. The van der Waals surface area contributed by atoms with E-state index in [4.69, 9.17) is 11.1 Å². The number of alkyl halides is 2. The number of hydrogen-bond acceptors (Lipinski definition) is 2. The van der Waals surface area contributed by atoms with Crippen LogP contribution in [0.3, 0.4) is 0 Å². The number of nitrogens with zero attached hydrogens (tertiary/aromatic N) is 1. The third kappa shape index (κ3) is 3.16. The fourth-order valence-electron chi connectivity index (χ4n) is 1.29. The molecule has 1 aromatic carbocycles. The zero-order valence-electron chi connectivity index (χ0n) is 8.67. The molecule has 1 rings (SSSR count). The second kappa shape index (κ2) is 5.25. The SMILES string of the molecule is CN(CC(F)F)c1ccc(C(=N)N)cc1Br. The van der Waals surface area contributed by atoms with Crippen molar-refractivity contribution in [2.45, 2.75) is 6.43 Å². The molecule has 3 nitrogen and oxygen atoms in total. The normalized spacial score (nSPS) is 10.6. The molecule has 0 spiro atoms. The highest BCUT2D eigenvalue weighted by atomic mass is 79.9. The van der Waals surface area contributed by atoms with Gasteiger partial charge in [-0.2, -0.15) is 0 Å². The molecule has 0 fully saturated rings. The molecular weight excluding hydrogens is 280 g/mol. The van der Waals surface area contributed by atoms with Crippen LogP contribution in [0.2, 0.25) is 0 Å². The molecule has 0 atom stereocenters. The van der Waals surface area contributed by atoms with Gasteiger partial charge in [0.05, 0.1) is 12.2 Å². The summed E-state index contributed by atoms with van der Waals surface area (Å²) >= 11 is 3.27. The predicted molar refractivity (Wildman–Crippen MR) is 64.4 cm³/mol. The molecule has 0 bridgehead atoms. The number of hydrogen-bond donors (Lipinski definition) is 2. The second-order valence-electron chi connectivity index (χ2n) is 3.35. The van der Waals surface area contributed by atoms with Crippen LogP contribution in [-0.2, 0) is 0 Å². The number of nitrogens with two attached hydrogens (primary N) is 1. The summed E-state index contributed by atoms with van der Waals surface area (Å²) in [6, 6.07) is 4.92. The van der Waals surface area contributed by atoms with Crippen LogP contribution in [0.25, 0.3) is 0 Å². The van der Waals surface area contributed by atoms with Gasteiger partial charge in [0.15, 0.2) is 0 Å². The highest BCUT2D eigenvalue weighted by molar-refractivity contribution is 9.10.